The highest BCUT2D eigenvalue weighted by atomic mass is 16.2. The number of hydrogen-bond acceptors (Lipinski definition) is 3. The Hall–Kier alpha value is -1.65. The molecule has 0 N–H and O–H groups in total. The van der Waals surface area contributed by atoms with Crippen LogP contribution in [0, 0.1) is 0 Å². The Bertz CT molecular complexity index is 529. The van der Waals surface area contributed by atoms with Gasteiger partial charge in [-0.1, -0.05) is 42.5 Å². The van der Waals surface area contributed by atoms with E-state index >= 15 is 0 Å². The maximum absolute atomic E-state index is 12.1. The fourth-order valence-electron chi connectivity index (χ4n) is 3.48. The van der Waals surface area contributed by atoms with Crippen LogP contribution >= 0.6 is 0 Å². The van der Waals surface area contributed by atoms with Gasteiger partial charge in [0.1, 0.15) is 0 Å². The molecule has 0 bridgehead atoms. The molecule has 0 saturated carbocycles. The minimum absolute atomic E-state index is 0.348. The smallest absolute Gasteiger partial charge is 0.223 e. The Morgan fingerprint density at radius 2 is 1.58 bits per heavy atom. The van der Waals surface area contributed by atoms with Gasteiger partial charge in [-0.3, -0.25) is 9.69 Å². The molecule has 24 heavy (non-hydrogen) atoms. The van der Waals surface area contributed by atoms with Crippen molar-refractivity contribution in [1.29, 1.82) is 0 Å². The number of likely N-dealkylation sites (tertiary alicyclic amines) is 1. The van der Waals surface area contributed by atoms with Gasteiger partial charge in [0.15, 0.2) is 0 Å². The van der Waals surface area contributed by atoms with Crippen LogP contribution in [0.25, 0.3) is 6.08 Å². The number of amides is 1. The maximum Gasteiger partial charge on any atom is 0.223 e. The highest BCUT2D eigenvalue weighted by molar-refractivity contribution is 5.76. The topological polar surface area (TPSA) is 26.8 Å². The lowest BCUT2D eigenvalue weighted by Crippen LogP contribution is -2.47. The first-order chi connectivity index (χ1) is 11.8. The molecular formula is C20H29N3O. The summed E-state index contributed by atoms with van der Waals surface area (Å²) in [4.78, 5) is 19.1. The second kappa shape index (κ2) is 9.00. The average molecular weight is 327 g/mol. The Labute approximate surface area is 145 Å². The summed E-state index contributed by atoms with van der Waals surface area (Å²) in [6.45, 7) is 8.21. The lowest BCUT2D eigenvalue weighted by molar-refractivity contribution is -0.130. The van der Waals surface area contributed by atoms with E-state index in [0.717, 1.165) is 52.4 Å². The summed E-state index contributed by atoms with van der Waals surface area (Å²) in [5, 5.41) is 0. The summed E-state index contributed by atoms with van der Waals surface area (Å²) < 4.78 is 0. The van der Waals surface area contributed by atoms with E-state index in [9.17, 15) is 4.79 Å². The van der Waals surface area contributed by atoms with Crippen molar-refractivity contribution < 1.29 is 4.79 Å². The quantitative estimate of drug-likeness (QED) is 0.802. The molecule has 2 aliphatic heterocycles. The van der Waals surface area contributed by atoms with Gasteiger partial charge in [0.2, 0.25) is 5.91 Å². The molecule has 3 rings (SSSR count). The van der Waals surface area contributed by atoms with Gasteiger partial charge in [0.05, 0.1) is 0 Å². The van der Waals surface area contributed by atoms with Gasteiger partial charge in [-0.25, -0.2) is 0 Å². The van der Waals surface area contributed by atoms with E-state index < -0.39 is 0 Å². The van der Waals surface area contributed by atoms with Gasteiger partial charge in [-0.15, -0.1) is 0 Å². The summed E-state index contributed by atoms with van der Waals surface area (Å²) in [6, 6.07) is 10.5. The molecule has 1 aromatic carbocycles. The van der Waals surface area contributed by atoms with Crippen molar-refractivity contribution >= 4 is 12.0 Å². The van der Waals surface area contributed by atoms with Gasteiger partial charge in [0, 0.05) is 58.8 Å². The van der Waals surface area contributed by atoms with Gasteiger partial charge in [-0.2, -0.15) is 0 Å². The molecule has 0 aliphatic carbocycles. The lowest BCUT2D eigenvalue weighted by Gasteiger charge is -2.34. The highest BCUT2D eigenvalue weighted by Gasteiger charge is 2.20. The van der Waals surface area contributed by atoms with Crippen molar-refractivity contribution in [2.45, 2.75) is 19.3 Å². The zero-order valence-corrected chi connectivity index (χ0v) is 14.6. The van der Waals surface area contributed by atoms with Crippen LogP contribution in [0.15, 0.2) is 36.4 Å². The fraction of sp³-hybridized carbons (Fsp3) is 0.550. The minimum Gasteiger partial charge on any atom is -0.343 e. The van der Waals surface area contributed by atoms with Crippen molar-refractivity contribution in [2.75, 3.05) is 52.4 Å². The molecule has 4 nitrogen and oxygen atoms in total. The Morgan fingerprint density at radius 3 is 2.29 bits per heavy atom. The second-order valence-electron chi connectivity index (χ2n) is 6.79. The predicted octanol–water partition coefficient (Wildman–Crippen LogP) is 2.33. The first-order valence-corrected chi connectivity index (χ1v) is 9.25. The van der Waals surface area contributed by atoms with Crippen molar-refractivity contribution in [3.8, 4) is 0 Å². The highest BCUT2D eigenvalue weighted by Crippen LogP contribution is 2.10. The van der Waals surface area contributed by atoms with Crippen LogP contribution in [0.5, 0.6) is 0 Å². The van der Waals surface area contributed by atoms with Crippen molar-refractivity contribution in [2.24, 2.45) is 0 Å². The molecule has 2 aliphatic rings. The van der Waals surface area contributed by atoms with Gasteiger partial charge in [0.25, 0.3) is 0 Å². The zero-order chi connectivity index (χ0) is 16.6. The molecule has 0 spiro atoms. The molecule has 4 heteroatoms. The van der Waals surface area contributed by atoms with E-state index in [-0.39, 0.29) is 0 Å². The predicted molar refractivity (Wildman–Crippen MR) is 98.8 cm³/mol. The number of hydrogen-bond donors (Lipinski definition) is 0. The Kier molecular flexibility index (Phi) is 6.44. The Balaban J connectivity index is 1.32. The fourth-order valence-corrected chi connectivity index (χ4v) is 3.48. The molecule has 0 aromatic heterocycles. The normalized spacial score (nSPS) is 20.1. The number of piperazine rings is 1. The molecule has 1 amide bonds. The zero-order valence-electron chi connectivity index (χ0n) is 14.6. The van der Waals surface area contributed by atoms with Crippen LogP contribution in [0.4, 0.5) is 0 Å². The summed E-state index contributed by atoms with van der Waals surface area (Å²) in [7, 11) is 0. The van der Waals surface area contributed by atoms with Crippen LogP contribution in [0.1, 0.15) is 24.8 Å². The summed E-state index contributed by atoms with van der Waals surface area (Å²) >= 11 is 0. The molecule has 0 radical (unpaired) electrons. The van der Waals surface area contributed by atoms with E-state index in [2.05, 4.69) is 46.2 Å². The summed E-state index contributed by atoms with van der Waals surface area (Å²) in [6.07, 6.45) is 7.50. The van der Waals surface area contributed by atoms with E-state index in [1.807, 2.05) is 11.0 Å². The van der Waals surface area contributed by atoms with Crippen molar-refractivity contribution in [3.63, 3.8) is 0 Å². The van der Waals surface area contributed by atoms with Crippen molar-refractivity contribution in [3.05, 3.63) is 42.0 Å². The lowest BCUT2D eigenvalue weighted by atomic mass is 10.2. The van der Waals surface area contributed by atoms with E-state index in [1.165, 1.54) is 18.4 Å². The number of rotatable bonds is 6. The maximum atomic E-state index is 12.1. The molecule has 130 valence electrons. The second-order valence-corrected chi connectivity index (χ2v) is 6.79. The van der Waals surface area contributed by atoms with Gasteiger partial charge >= 0.3 is 0 Å². The molecular weight excluding hydrogens is 298 g/mol. The molecule has 1 aromatic rings. The van der Waals surface area contributed by atoms with E-state index in [4.69, 9.17) is 0 Å². The van der Waals surface area contributed by atoms with Crippen LogP contribution in [-0.4, -0.2) is 73.0 Å². The molecule has 2 fully saturated rings. The average Bonchev–Trinajstić information content (AvgIpc) is 3.16. The standard InChI is InChI=1S/C20H29N3O/c24-20(23-12-4-5-13-23)10-14-22-17-15-21(16-18-22)11-6-9-19-7-2-1-3-8-19/h1-3,6-9H,4-5,10-18H2/b9-6+. The SMILES string of the molecule is O=C(CCN1CCN(C/C=C/c2ccccc2)CC1)N1CCCC1. The van der Waals surface area contributed by atoms with Crippen LogP contribution in [0.3, 0.4) is 0 Å². The van der Waals surface area contributed by atoms with Gasteiger partial charge in [-0.05, 0) is 18.4 Å². The summed E-state index contributed by atoms with van der Waals surface area (Å²) in [5.74, 6) is 0.348. The first-order valence-electron chi connectivity index (χ1n) is 9.25. The molecule has 2 saturated heterocycles. The van der Waals surface area contributed by atoms with Gasteiger partial charge < -0.3 is 9.80 Å². The largest absolute Gasteiger partial charge is 0.343 e. The third-order valence-corrected chi connectivity index (χ3v) is 5.04. The van der Waals surface area contributed by atoms with Crippen molar-refractivity contribution in [1.82, 2.24) is 14.7 Å². The summed E-state index contributed by atoms with van der Waals surface area (Å²) in [5.41, 5.74) is 1.26. The first kappa shape index (κ1) is 17.2. The number of carbonyl (C=O) groups is 1. The van der Waals surface area contributed by atoms with Crippen LogP contribution in [0.2, 0.25) is 0 Å². The monoisotopic (exact) mass is 327 g/mol. The molecule has 0 unspecified atom stereocenters. The van der Waals surface area contributed by atoms with E-state index in [0.29, 0.717) is 12.3 Å². The third kappa shape index (κ3) is 5.18. The number of carbonyl (C=O) groups excluding carboxylic acids is 1. The van der Waals surface area contributed by atoms with Crippen LogP contribution < -0.4 is 0 Å². The third-order valence-electron chi connectivity index (χ3n) is 5.04. The molecule has 2 heterocycles. The Morgan fingerprint density at radius 1 is 0.917 bits per heavy atom. The molecule has 0 atom stereocenters. The number of nitrogens with zero attached hydrogens (tertiary/aromatic N) is 3. The minimum atomic E-state index is 0.348. The number of benzene rings is 1. The van der Waals surface area contributed by atoms with Crippen LogP contribution in [-0.2, 0) is 4.79 Å². The van der Waals surface area contributed by atoms with E-state index in [1.54, 1.807) is 0 Å².